The van der Waals surface area contributed by atoms with Gasteiger partial charge in [0.25, 0.3) is 5.91 Å². The minimum atomic E-state index is -0.595. The Hall–Kier alpha value is -1.74. The normalized spacial score (nSPS) is 12.2. The van der Waals surface area contributed by atoms with Gasteiger partial charge in [0, 0.05) is 11.6 Å². The van der Waals surface area contributed by atoms with Crippen LogP contribution in [0.3, 0.4) is 0 Å². The first-order valence-corrected chi connectivity index (χ1v) is 8.06. The second kappa shape index (κ2) is 10.3. The van der Waals surface area contributed by atoms with Gasteiger partial charge in [0.05, 0.1) is 6.04 Å². The van der Waals surface area contributed by atoms with Gasteiger partial charge in [-0.3, -0.25) is 4.79 Å². The third-order valence-electron chi connectivity index (χ3n) is 3.37. The summed E-state index contributed by atoms with van der Waals surface area (Å²) in [5, 5.41) is 7.16. The lowest BCUT2D eigenvalue weighted by Gasteiger charge is -2.19. The number of carbonyl (C=O) groups is 1. The molecule has 1 atom stereocenters. The number of primary amides is 1. The Labute approximate surface area is 169 Å². The first-order valence-electron chi connectivity index (χ1n) is 7.69. The highest BCUT2D eigenvalue weighted by molar-refractivity contribution is 14.0. The van der Waals surface area contributed by atoms with Gasteiger partial charge >= 0.3 is 0 Å². The van der Waals surface area contributed by atoms with E-state index in [-0.39, 0.29) is 42.3 Å². The summed E-state index contributed by atoms with van der Waals surface area (Å²) >= 11 is 6.23. The smallest absolute Gasteiger partial charge is 0.284 e. The van der Waals surface area contributed by atoms with Crippen molar-refractivity contribution in [3.63, 3.8) is 0 Å². The van der Waals surface area contributed by atoms with Crippen LogP contribution in [-0.4, -0.2) is 18.4 Å². The van der Waals surface area contributed by atoms with Gasteiger partial charge in [-0.1, -0.05) is 29.8 Å². The van der Waals surface area contributed by atoms with Crippen molar-refractivity contribution >= 4 is 47.4 Å². The Bertz CT molecular complexity index is 733. The monoisotopic (exact) mass is 476 g/mol. The van der Waals surface area contributed by atoms with Crippen LogP contribution in [0.2, 0.25) is 5.02 Å². The molecule has 136 valence electrons. The molecule has 1 aromatic heterocycles. The Morgan fingerprint density at radius 2 is 2.04 bits per heavy atom. The fourth-order valence-electron chi connectivity index (χ4n) is 2.18. The molecule has 1 unspecified atom stereocenters. The molecule has 0 fully saturated rings. The summed E-state index contributed by atoms with van der Waals surface area (Å²) < 4.78 is 5.32. The van der Waals surface area contributed by atoms with Crippen molar-refractivity contribution in [2.75, 3.05) is 6.54 Å². The van der Waals surface area contributed by atoms with E-state index >= 15 is 0 Å². The minimum Gasteiger partial charge on any atom is -0.454 e. The number of guanidine groups is 1. The third-order valence-corrected chi connectivity index (χ3v) is 3.71. The first-order chi connectivity index (χ1) is 11.5. The zero-order chi connectivity index (χ0) is 17.5. The molecule has 0 aliphatic rings. The number of furan rings is 1. The molecule has 0 spiro atoms. The topological polar surface area (TPSA) is 92.6 Å². The van der Waals surface area contributed by atoms with Crippen LogP contribution >= 0.6 is 35.6 Å². The predicted molar refractivity (Wildman–Crippen MR) is 110 cm³/mol. The second-order valence-electron chi connectivity index (χ2n) is 5.21. The maximum Gasteiger partial charge on any atom is 0.284 e. The van der Waals surface area contributed by atoms with Gasteiger partial charge in [-0.2, -0.15) is 0 Å². The van der Waals surface area contributed by atoms with Gasteiger partial charge in [-0.15, -0.1) is 24.0 Å². The number of nitrogens with one attached hydrogen (secondary N) is 2. The van der Waals surface area contributed by atoms with Crippen LogP contribution in [0, 0.1) is 0 Å². The van der Waals surface area contributed by atoms with Crippen LogP contribution < -0.4 is 16.4 Å². The van der Waals surface area contributed by atoms with Gasteiger partial charge in [-0.25, -0.2) is 4.99 Å². The highest BCUT2D eigenvalue weighted by Gasteiger charge is 2.11. The molecular weight excluding hydrogens is 455 g/mol. The van der Waals surface area contributed by atoms with Crippen molar-refractivity contribution in [1.82, 2.24) is 10.6 Å². The molecule has 1 heterocycles. The lowest BCUT2D eigenvalue weighted by atomic mass is 10.1. The van der Waals surface area contributed by atoms with E-state index in [0.29, 0.717) is 23.3 Å². The number of rotatable bonds is 6. The van der Waals surface area contributed by atoms with Crippen molar-refractivity contribution in [1.29, 1.82) is 0 Å². The Kier molecular flexibility index (Phi) is 8.77. The number of nitrogens with zero attached hydrogens (tertiary/aromatic N) is 1. The molecule has 0 radical (unpaired) electrons. The lowest BCUT2D eigenvalue weighted by molar-refractivity contribution is 0.0972. The number of hydrogen-bond donors (Lipinski definition) is 3. The fraction of sp³-hybridized carbons (Fsp3) is 0.294. The van der Waals surface area contributed by atoms with Crippen LogP contribution in [0.25, 0.3) is 0 Å². The van der Waals surface area contributed by atoms with Crippen LogP contribution in [0.1, 0.15) is 41.8 Å². The highest BCUT2D eigenvalue weighted by Crippen LogP contribution is 2.22. The van der Waals surface area contributed by atoms with Crippen molar-refractivity contribution < 1.29 is 9.21 Å². The molecule has 1 aromatic carbocycles. The van der Waals surface area contributed by atoms with E-state index in [2.05, 4.69) is 15.6 Å². The summed E-state index contributed by atoms with van der Waals surface area (Å²) in [5.41, 5.74) is 6.15. The molecule has 6 nitrogen and oxygen atoms in total. The third kappa shape index (κ3) is 6.24. The number of aliphatic imine (C=N–C) groups is 1. The van der Waals surface area contributed by atoms with Gasteiger partial charge in [0.15, 0.2) is 11.7 Å². The van der Waals surface area contributed by atoms with Crippen LogP contribution in [0.5, 0.6) is 0 Å². The molecule has 4 N–H and O–H groups in total. The SMILES string of the molecule is CCNC(=NCc1ccc(C(N)=O)o1)NC(C)c1ccccc1Cl.I. The average molecular weight is 477 g/mol. The average Bonchev–Trinajstić information content (AvgIpc) is 3.02. The maximum absolute atomic E-state index is 11.0. The molecule has 8 heteroatoms. The standard InChI is InChI=1S/C17H21ClN4O2.HI/c1-3-20-17(21-10-12-8-9-15(24-12)16(19)23)22-11(2)13-6-4-5-7-14(13)18;/h4-9,11H,3,10H2,1-2H3,(H2,19,23)(H2,20,21,22);1H. The zero-order valence-electron chi connectivity index (χ0n) is 14.1. The molecule has 2 aromatic rings. The zero-order valence-corrected chi connectivity index (χ0v) is 17.2. The van der Waals surface area contributed by atoms with E-state index in [4.69, 9.17) is 21.8 Å². The quantitative estimate of drug-likeness (QED) is 0.338. The lowest BCUT2D eigenvalue weighted by Crippen LogP contribution is -2.38. The Balaban J connectivity index is 0.00000312. The van der Waals surface area contributed by atoms with Crippen molar-refractivity contribution in [3.8, 4) is 0 Å². The van der Waals surface area contributed by atoms with Crippen LogP contribution in [0.15, 0.2) is 45.8 Å². The fourth-order valence-corrected chi connectivity index (χ4v) is 2.48. The van der Waals surface area contributed by atoms with E-state index in [0.717, 1.165) is 5.56 Å². The van der Waals surface area contributed by atoms with Crippen LogP contribution in [0.4, 0.5) is 0 Å². The van der Waals surface area contributed by atoms with Crippen molar-refractivity contribution in [2.45, 2.75) is 26.4 Å². The summed E-state index contributed by atoms with van der Waals surface area (Å²) in [6.07, 6.45) is 0. The number of carbonyl (C=O) groups excluding carboxylic acids is 1. The summed E-state index contributed by atoms with van der Waals surface area (Å²) in [6, 6.07) is 10.9. The van der Waals surface area contributed by atoms with Crippen molar-refractivity contribution in [2.24, 2.45) is 10.7 Å². The van der Waals surface area contributed by atoms with E-state index in [1.54, 1.807) is 12.1 Å². The van der Waals surface area contributed by atoms with E-state index < -0.39 is 5.91 Å². The molecule has 2 rings (SSSR count). The number of nitrogens with two attached hydrogens (primary N) is 1. The first kappa shape index (κ1) is 21.3. The van der Waals surface area contributed by atoms with Crippen molar-refractivity contribution in [3.05, 3.63) is 58.5 Å². The Morgan fingerprint density at radius 3 is 2.64 bits per heavy atom. The summed E-state index contributed by atoms with van der Waals surface area (Å²) in [7, 11) is 0. The molecule has 0 bridgehead atoms. The van der Waals surface area contributed by atoms with Gasteiger partial charge in [0.1, 0.15) is 12.3 Å². The minimum absolute atomic E-state index is 0. The molecule has 0 aliphatic carbocycles. The molecule has 1 amide bonds. The van der Waals surface area contributed by atoms with Gasteiger partial charge in [0.2, 0.25) is 0 Å². The predicted octanol–water partition coefficient (Wildman–Crippen LogP) is 3.47. The van der Waals surface area contributed by atoms with Crippen LogP contribution in [-0.2, 0) is 6.54 Å². The van der Waals surface area contributed by atoms with E-state index in [9.17, 15) is 4.79 Å². The van der Waals surface area contributed by atoms with E-state index in [1.807, 2.05) is 38.1 Å². The second-order valence-corrected chi connectivity index (χ2v) is 5.62. The van der Waals surface area contributed by atoms with E-state index in [1.165, 1.54) is 0 Å². The number of amides is 1. The molecule has 0 saturated carbocycles. The van der Waals surface area contributed by atoms with Gasteiger partial charge < -0.3 is 20.8 Å². The Morgan fingerprint density at radius 1 is 1.32 bits per heavy atom. The molecule has 0 saturated heterocycles. The molecule has 25 heavy (non-hydrogen) atoms. The maximum atomic E-state index is 11.0. The number of benzene rings is 1. The highest BCUT2D eigenvalue weighted by atomic mass is 127. The summed E-state index contributed by atoms with van der Waals surface area (Å²) in [5.74, 6) is 0.721. The molecular formula is C17H22ClIN4O2. The largest absolute Gasteiger partial charge is 0.454 e. The summed E-state index contributed by atoms with van der Waals surface area (Å²) in [4.78, 5) is 15.5. The number of hydrogen-bond acceptors (Lipinski definition) is 3. The summed E-state index contributed by atoms with van der Waals surface area (Å²) in [6.45, 7) is 4.99. The van der Waals surface area contributed by atoms with Gasteiger partial charge in [-0.05, 0) is 37.6 Å². The number of halogens is 2. The molecule has 0 aliphatic heterocycles.